The second-order valence-corrected chi connectivity index (χ2v) is 6.65. The molecule has 2 fully saturated rings. The van der Waals surface area contributed by atoms with Gasteiger partial charge in [0.15, 0.2) is 5.13 Å². The van der Waals surface area contributed by atoms with Crippen molar-refractivity contribution in [2.75, 3.05) is 24.6 Å². The minimum atomic E-state index is 0.0925. The molecule has 5 nitrogen and oxygen atoms in total. The minimum absolute atomic E-state index is 0.0925. The molecule has 1 atom stereocenters. The van der Waals surface area contributed by atoms with Crippen molar-refractivity contribution in [3.63, 3.8) is 0 Å². The average Bonchev–Trinajstić information content (AvgIpc) is 2.96. The third-order valence-corrected chi connectivity index (χ3v) is 4.90. The van der Waals surface area contributed by atoms with Crippen molar-refractivity contribution in [2.45, 2.75) is 38.8 Å². The molecule has 1 aromatic heterocycles. The number of thiazole rings is 1. The maximum atomic E-state index is 11.7. The number of rotatable bonds is 5. The molecule has 2 heterocycles. The Kier molecular flexibility index (Phi) is 4.05. The fourth-order valence-electron chi connectivity index (χ4n) is 2.79. The Labute approximate surface area is 123 Å². The zero-order chi connectivity index (χ0) is 14.1. The van der Waals surface area contributed by atoms with E-state index in [2.05, 4.69) is 15.3 Å². The Hall–Kier alpha value is -0.980. The van der Waals surface area contributed by atoms with E-state index >= 15 is 0 Å². The smallest absolute Gasteiger partial charge is 0.225 e. The standard InChI is InChI=1S/C14H21N3O2S/c1-10(19)17(13-2-3-13)14-15-12(9-20-14)7-16-5-4-11(6-16)8-18/h9,11,13,18H,2-8H2,1H3. The topological polar surface area (TPSA) is 56.7 Å². The maximum Gasteiger partial charge on any atom is 0.225 e. The third-order valence-electron chi connectivity index (χ3n) is 4.01. The van der Waals surface area contributed by atoms with E-state index in [1.54, 1.807) is 18.3 Å². The molecule has 0 spiro atoms. The van der Waals surface area contributed by atoms with Crippen molar-refractivity contribution in [3.05, 3.63) is 11.1 Å². The van der Waals surface area contributed by atoms with Gasteiger partial charge in [-0.3, -0.25) is 14.6 Å². The molecule has 1 N–H and O–H groups in total. The van der Waals surface area contributed by atoms with Crippen molar-refractivity contribution >= 4 is 22.4 Å². The Morgan fingerprint density at radius 3 is 2.95 bits per heavy atom. The second-order valence-electron chi connectivity index (χ2n) is 5.81. The minimum Gasteiger partial charge on any atom is -0.396 e. The molecule has 0 bridgehead atoms. The molecule has 0 aromatic carbocycles. The van der Waals surface area contributed by atoms with Gasteiger partial charge in [-0.2, -0.15) is 0 Å². The summed E-state index contributed by atoms with van der Waals surface area (Å²) in [6.45, 7) is 4.69. The fraction of sp³-hybridized carbons (Fsp3) is 0.714. The quantitative estimate of drug-likeness (QED) is 0.894. The van der Waals surface area contributed by atoms with E-state index in [9.17, 15) is 9.90 Å². The maximum absolute atomic E-state index is 11.7. The number of hydrogen-bond acceptors (Lipinski definition) is 5. The lowest BCUT2D eigenvalue weighted by molar-refractivity contribution is -0.116. The summed E-state index contributed by atoms with van der Waals surface area (Å²) in [5.74, 6) is 0.503. The summed E-state index contributed by atoms with van der Waals surface area (Å²) in [7, 11) is 0. The second kappa shape index (κ2) is 5.79. The van der Waals surface area contributed by atoms with Crippen LogP contribution in [0.4, 0.5) is 5.13 Å². The van der Waals surface area contributed by atoms with E-state index in [1.807, 2.05) is 4.90 Å². The van der Waals surface area contributed by atoms with Gasteiger partial charge in [-0.1, -0.05) is 0 Å². The third kappa shape index (κ3) is 3.02. The van der Waals surface area contributed by atoms with E-state index in [1.165, 1.54) is 0 Å². The summed E-state index contributed by atoms with van der Waals surface area (Å²) in [5.41, 5.74) is 1.04. The van der Waals surface area contributed by atoms with Crippen molar-refractivity contribution < 1.29 is 9.90 Å². The van der Waals surface area contributed by atoms with Crippen LogP contribution in [0.15, 0.2) is 5.38 Å². The zero-order valence-corrected chi connectivity index (χ0v) is 12.6. The summed E-state index contributed by atoms with van der Waals surface area (Å²) in [4.78, 5) is 20.5. The first kappa shape index (κ1) is 14.0. The number of aromatic nitrogens is 1. The number of amides is 1. The highest BCUT2D eigenvalue weighted by atomic mass is 32.1. The van der Waals surface area contributed by atoms with Gasteiger partial charge >= 0.3 is 0 Å². The van der Waals surface area contributed by atoms with Crippen LogP contribution in [0, 0.1) is 5.92 Å². The molecule has 2 aliphatic rings. The number of likely N-dealkylation sites (tertiary alicyclic amines) is 1. The lowest BCUT2D eigenvalue weighted by atomic mass is 10.1. The van der Waals surface area contributed by atoms with E-state index in [0.29, 0.717) is 12.0 Å². The van der Waals surface area contributed by atoms with Gasteiger partial charge in [-0.25, -0.2) is 4.98 Å². The molecule has 1 saturated carbocycles. The van der Waals surface area contributed by atoms with Crippen LogP contribution in [0.1, 0.15) is 31.9 Å². The Morgan fingerprint density at radius 2 is 2.35 bits per heavy atom. The van der Waals surface area contributed by atoms with Crippen LogP contribution in [0.3, 0.4) is 0 Å². The molecular weight excluding hydrogens is 274 g/mol. The lowest BCUT2D eigenvalue weighted by Gasteiger charge is -2.17. The lowest BCUT2D eigenvalue weighted by Crippen LogP contribution is -2.30. The monoisotopic (exact) mass is 295 g/mol. The number of carbonyl (C=O) groups is 1. The summed E-state index contributed by atoms with van der Waals surface area (Å²) < 4.78 is 0. The molecule has 0 radical (unpaired) electrons. The first-order valence-corrected chi connectivity index (χ1v) is 8.12. The Bertz CT molecular complexity index is 487. The molecule has 1 aromatic rings. The summed E-state index contributed by atoms with van der Waals surface area (Å²) in [6.07, 6.45) is 3.26. The summed E-state index contributed by atoms with van der Waals surface area (Å²) in [6, 6.07) is 0.372. The van der Waals surface area contributed by atoms with Crippen molar-refractivity contribution in [1.82, 2.24) is 9.88 Å². The largest absolute Gasteiger partial charge is 0.396 e. The van der Waals surface area contributed by atoms with E-state index in [0.717, 1.165) is 49.7 Å². The van der Waals surface area contributed by atoms with Crippen LogP contribution in [0.5, 0.6) is 0 Å². The number of nitrogens with zero attached hydrogens (tertiary/aromatic N) is 3. The fourth-order valence-corrected chi connectivity index (χ4v) is 3.72. The average molecular weight is 295 g/mol. The van der Waals surface area contributed by atoms with E-state index < -0.39 is 0 Å². The number of hydrogen-bond donors (Lipinski definition) is 1. The van der Waals surface area contributed by atoms with Crippen LogP contribution >= 0.6 is 11.3 Å². The number of aliphatic hydroxyl groups is 1. The van der Waals surface area contributed by atoms with E-state index in [-0.39, 0.29) is 12.5 Å². The first-order chi connectivity index (χ1) is 9.67. The van der Waals surface area contributed by atoms with Crippen LogP contribution in [-0.2, 0) is 11.3 Å². The predicted octanol–water partition coefficient (Wildman–Crippen LogP) is 1.47. The van der Waals surface area contributed by atoms with Gasteiger partial charge in [0.2, 0.25) is 5.91 Å². The summed E-state index contributed by atoms with van der Waals surface area (Å²) >= 11 is 1.56. The first-order valence-electron chi connectivity index (χ1n) is 7.24. The molecule has 110 valence electrons. The number of carbonyl (C=O) groups excluding carboxylic acids is 1. The van der Waals surface area contributed by atoms with Crippen molar-refractivity contribution in [2.24, 2.45) is 5.92 Å². The van der Waals surface area contributed by atoms with Gasteiger partial charge in [-0.05, 0) is 31.7 Å². The molecule has 1 aliphatic carbocycles. The molecular formula is C14H21N3O2S. The van der Waals surface area contributed by atoms with Gasteiger partial charge in [-0.15, -0.1) is 11.3 Å². The van der Waals surface area contributed by atoms with Gasteiger partial charge in [0.05, 0.1) is 5.69 Å². The molecule has 1 saturated heterocycles. The molecule has 6 heteroatoms. The molecule has 1 aliphatic heterocycles. The van der Waals surface area contributed by atoms with Gasteiger partial charge in [0.25, 0.3) is 0 Å². The SMILES string of the molecule is CC(=O)N(c1nc(CN2CCC(CO)C2)cs1)C1CC1. The Balaban J connectivity index is 1.63. The van der Waals surface area contributed by atoms with Crippen LogP contribution in [0.25, 0.3) is 0 Å². The van der Waals surface area contributed by atoms with Gasteiger partial charge in [0.1, 0.15) is 0 Å². The highest BCUT2D eigenvalue weighted by Gasteiger charge is 2.33. The zero-order valence-electron chi connectivity index (χ0n) is 11.8. The predicted molar refractivity (Wildman–Crippen MR) is 78.8 cm³/mol. The van der Waals surface area contributed by atoms with Crippen LogP contribution in [0.2, 0.25) is 0 Å². The number of anilines is 1. The van der Waals surface area contributed by atoms with Crippen molar-refractivity contribution in [3.8, 4) is 0 Å². The molecule has 3 rings (SSSR count). The molecule has 20 heavy (non-hydrogen) atoms. The van der Waals surface area contributed by atoms with Gasteiger partial charge in [0, 0.05) is 38.0 Å². The highest BCUT2D eigenvalue weighted by Crippen LogP contribution is 2.34. The van der Waals surface area contributed by atoms with Crippen molar-refractivity contribution in [1.29, 1.82) is 0 Å². The molecule has 1 unspecified atom stereocenters. The summed E-state index contributed by atoms with van der Waals surface area (Å²) in [5, 5.41) is 12.1. The number of aliphatic hydroxyl groups excluding tert-OH is 1. The normalized spacial score (nSPS) is 23.2. The Morgan fingerprint density at radius 1 is 1.55 bits per heavy atom. The molecule has 1 amide bonds. The van der Waals surface area contributed by atoms with Gasteiger partial charge < -0.3 is 5.11 Å². The van der Waals surface area contributed by atoms with Crippen LogP contribution < -0.4 is 4.90 Å². The highest BCUT2D eigenvalue weighted by molar-refractivity contribution is 7.14. The van der Waals surface area contributed by atoms with Crippen LogP contribution in [-0.4, -0.2) is 46.6 Å². The van der Waals surface area contributed by atoms with E-state index in [4.69, 9.17) is 0 Å².